The van der Waals surface area contributed by atoms with Crippen molar-refractivity contribution in [3.8, 4) is 17.2 Å². The van der Waals surface area contributed by atoms with E-state index < -0.39 is 53.8 Å². The van der Waals surface area contributed by atoms with Gasteiger partial charge in [0, 0.05) is 56.0 Å². The molecule has 0 amide bonds. The molecule has 12 rings (SSSR count). The average molecular weight is 1230 g/mol. The molecule has 28 nitrogen and oxygen atoms in total. The van der Waals surface area contributed by atoms with Crippen LogP contribution in [0.25, 0.3) is 0 Å². The summed E-state index contributed by atoms with van der Waals surface area (Å²) in [6.07, 6.45) is 6.89. The number of aliphatic carboxylic acids is 1. The van der Waals surface area contributed by atoms with Crippen LogP contribution in [0.4, 0.5) is 34.5 Å². The number of sulfonamides is 3. The fourth-order valence-electron chi connectivity index (χ4n) is 11.5. The predicted octanol–water partition coefficient (Wildman–Crippen LogP) is 3.05. The van der Waals surface area contributed by atoms with E-state index in [9.17, 15) is 39.6 Å². The molecule has 0 fully saturated rings. The summed E-state index contributed by atoms with van der Waals surface area (Å²) < 4.78 is 92.8. The largest absolute Gasteiger partial charge is 0.495 e. The van der Waals surface area contributed by atoms with Crippen LogP contribution in [0.15, 0.2) is 54.6 Å². The molecule has 0 radical (unpaired) electrons. The van der Waals surface area contributed by atoms with E-state index in [1.807, 2.05) is 54.6 Å². The van der Waals surface area contributed by atoms with Crippen LogP contribution in [0, 0.1) is 0 Å². The Hall–Kier alpha value is -7.97. The first-order valence-corrected chi connectivity index (χ1v) is 32.8. The van der Waals surface area contributed by atoms with E-state index in [0.717, 1.165) is 56.1 Å². The summed E-state index contributed by atoms with van der Waals surface area (Å²) in [7, 11) is -5.04. The van der Waals surface area contributed by atoms with E-state index in [1.165, 1.54) is 41.0 Å². The number of carboxylic acids is 1. The normalized spacial score (nSPS) is 19.1. The molecule has 0 saturated heterocycles. The molecule has 85 heavy (non-hydrogen) atoms. The number of nitrogens with zero attached hydrogens (tertiary/aromatic N) is 8. The highest BCUT2D eigenvalue weighted by Gasteiger charge is 2.37. The van der Waals surface area contributed by atoms with E-state index in [1.54, 1.807) is 21.3 Å². The number of aromatic amines is 1. The van der Waals surface area contributed by atoms with E-state index in [4.69, 9.17) is 36.5 Å². The van der Waals surface area contributed by atoms with Crippen LogP contribution in [0.1, 0.15) is 97.1 Å². The van der Waals surface area contributed by atoms with E-state index >= 15 is 0 Å². The van der Waals surface area contributed by atoms with Crippen LogP contribution in [-0.4, -0.2) is 170 Å². The van der Waals surface area contributed by atoms with Gasteiger partial charge in [-0.1, -0.05) is 36.4 Å². The van der Waals surface area contributed by atoms with Crippen LogP contribution in [0.3, 0.4) is 0 Å². The number of hydrogen-bond acceptors (Lipinski definition) is 21. The fraction of sp³-hybridized carbons (Fsp3) is 0.444. The SMILES string of the molecule is COc1cccc2c1NCCC2C(=O)O.COc1cccc2c1NCCC2C(=O)n1nc(N)c2c1CN(S(C)(=O)=O)CC2.COc1cccc2c1NCCC2C(=O)n1nc2c(c1N)CCN(S(C)(=O)=O)C2.CS(=O)(=O)N1CCc2c(N)n[nH]c2C1. The monoisotopic (exact) mass is 1230 g/mol. The van der Waals surface area contributed by atoms with Crippen molar-refractivity contribution in [2.45, 2.75) is 75.9 Å². The van der Waals surface area contributed by atoms with Gasteiger partial charge >= 0.3 is 5.97 Å². The number of carboxylic acid groups (broad SMARTS) is 1. The molecule has 11 N–H and O–H groups in total. The predicted molar refractivity (Wildman–Crippen MR) is 319 cm³/mol. The molecule has 6 aliphatic rings. The molecule has 458 valence electrons. The number of H-pyrrole nitrogens is 1. The minimum atomic E-state index is -3.37. The molecule has 0 aliphatic carbocycles. The molecule has 9 heterocycles. The molecular weight excluding hydrogens is 1160 g/mol. The number of rotatable bonds is 9. The maximum Gasteiger partial charge on any atom is 0.311 e. The highest BCUT2D eigenvalue weighted by molar-refractivity contribution is 7.88. The summed E-state index contributed by atoms with van der Waals surface area (Å²) in [6, 6.07) is 16.7. The van der Waals surface area contributed by atoms with Crippen molar-refractivity contribution >= 4 is 82.4 Å². The number of methoxy groups -OCH3 is 3. The molecule has 0 bridgehead atoms. The summed E-state index contributed by atoms with van der Waals surface area (Å²) in [5.41, 5.74) is 27.2. The Kier molecular flexibility index (Phi) is 18.1. The second-order valence-electron chi connectivity index (χ2n) is 21.1. The van der Waals surface area contributed by atoms with Gasteiger partial charge in [-0.3, -0.25) is 19.5 Å². The van der Waals surface area contributed by atoms with Gasteiger partial charge in [-0.05, 0) is 73.4 Å². The topological polar surface area (TPSA) is 390 Å². The first-order chi connectivity index (χ1) is 40.3. The van der Waals surface area contributed by atoms with Crippen LogP contribution in [0.5, 0.6) is 17.2 Å². The number of benzene rings is 3. The Morgan fingerprint density at radius 1 is 0.553 bits per heavy atom. The van der Waals surface area contributed by atoms with Crippen LogP contribution < -0.4 is 47.4 Å². The van der Waals surface area contributed by atoms with Crippen LogP contribution in [-0.2, 0) is 73.8 Å². The summed E-state index contributed by atoms with van der Waals surface area (Å²) in [4.78, 5) is 37.8. The minimum absolute atomic E-state index is 0.0973. The van der Waals surface area contributed by atoms with Crippen molar-refractivity contribution in [2.24, 2.45) is 0 Å². The highest BCUT2D eigenvalue weighted by atomic mass is 32.2. The number of nitrogens with two attached hydrogens (primary N) is 3. The maximum absolute atomic E-state index is 13.4. The summed E-state index contributed by atoms with van der Waals surface area (Å²) in [5, 5.41) is 34.1. The Bertz CT molecular complexity index is 3880. The Balaban J connectivity index is 0.000000142. The molecule has 0 spiro atoms. The second-order valence-corrected chi connectivity index (χ2v) is 27.1. The number of nitrogens with one attached hydrogen (secondary N) is 4. The lowest BCUT2D eigenvalue weighted by molar-refractivity contribution is -0.139. The summed E-state index contributed by atoms with van der Waals surface area (Å²) >= 11 is 0. The third-order valence-corrected chi connectivity index (χ3v) is 19.7. The van der Waals surface area contributed by atoms with Crippen molar-refractivity contribution < 1.29 is 59.0 Å². The van der Waals surface area contributed by atoms with Crippen LogP contribution in [0.2, 0.25) is 0 Å². The molecule has 6 aliphatic heterocycles. The number of aromatic nitrogens is 6. The lowest BCUT2D eigenvalue weighted by atomic mass is 9.89. The zero-order chi connectivity index (χ0) is 61.3. The van der Waals surface area contributed by atoms with Gasteiger partial charge in [-0.2, -0.15) is 27.8 Å². The molecule has 3 unspecified atom stereocenters. The lowest BCUT2D eigenvalue weighted by Gasteiger charge is -2.28. The summed E-state index contributed by atoms with van der Waals surface area (Å²) in [6.45, 7) is 3.66. The highest BCUT2D eigenvalue weighted by Crippen LogP contribution is 2.42. The number of fused-ring (bicyclic) bond motifs is 6. The molecule has 31 heteroatoms. The number of carbonyl (C=O) groups excluding carboxylic acids is 2. The van der Waals surface area contributed by atoms with Crippen LogP contribution >= 0.6 is 0 Å². The first-order valence-electron chi connectivity index (χ1n) is 27.3. The maximum atomic E-state index is 13.4. The smallest absolute Gasteiger partial charge is 0.311 e. The number of carbonyl (C=O) groups is 3. The number of anilines is 6. The Morgan fingerprint density at radius 2 is 0.976 bits per heavy atom. The lowest BCUT2D eigenvalue weighted by Crippen LogP contribution is -2.37. The number of para-hydroxylation sites is 3. The van der Waals surface area contributed by atoms with Gasteiger partial charge in [0.1, 0.15) is 34.7 Å². The standard InChI is InChI=1S/2C18H23N5O4S.C11H13NO3.C7H12N4O2S/c1-27-15-5-3-4-11-12(6-8-20-16(11)15)18(24)23-14-10-22(28(2,25)26)9-7-13(14)17(19)21-23;1-27-15-5-3-4-11-12(6-8-20-16(11)15)18(24)23-17(19)13-7-9-22(28(2,25)26)10-14(13)21-23;1-15-9-4-2-3-7-8(11(13)14)5-6-12-10(7)9;1-14(12,13)11-3-2-5-6(4-11)9-10-7(5)8/h3-5,12,20H,6-10H2,1-2H3,(H2,19,21);3-5,12,20H,6-10,19H2,1-2H3;2-4,8,12H,5-6H2,1H3,(H,13,14);2-4H2,1H3,(H3,8,9,10). The van der Waals surface area contributed by atoms with E-state index in [-0.39, 0.29) is 30.7 Å². The quantitative estimate of drug-likeness (QED) is 0.103. The van der Waals surface area contributed by atoms with Gasteiger partial charge in [0.2, 0.25) is 30.1 Å². The van der Waals surface area contributed by atoms with E-state index in [2.05, 4.69) is 36.3 Å². The van der Waals surface area contributed by atoms with Gasteiger partial charge in [0.05, 0.1) is 112 Å². The molecule has 3 aromatic heterocycles. The molecule has 6 aromatic rings. The fourth-order valence-corrected chi connectivity index (χ4v) is 13.8. The van der Waals surface area contributed by atoms with Crippen molar-refractivity contribution in [3.63, 3.8) is 0 Å². The van der Waals surface area contributed by atoms with Crippen molar-refractivity contribution in [2.75, 3.05) is 113 Å². The first kappa shape index (κ1) is 61.6. The molecule has 3 aromatic carbocycles. The van der Waals surface area contributed by atoms with Crippen molar-refractivity contribution in [1.82, 2.24) is 42.7 Å². The Labute approximate surface area is 492 Å². The average Bonchev–Trinajstić information content (AvgIpc) is 4.20. The van der Waals surface area contributed by atoms with Gasteiger partial charge in [-0.15, -0.1) is 5.10 Å². The molecule has 3 atom stereocenters. The van der Waals surface area contributed by atoms with Crippen molar-refractivity contribution in [1.29, 1.82) is 0 Å². The third-order valence-electron chi connectivity index (χ3n) is 15.9. The van der Waals surface area contributed by atoms with Gasteiger partial charge in [-0.25, -0.2) is 29.9 Å². The summed E-state index contributed by atoms with van der Waals surface area (Å²) in [5.74, 6) is 0.714. The van der Waals surface area contributed by atoms with E-state index in [0.29, 0.717) is 125 Å². The van der Waals surface area contributed by atoms with Crippen molar-refractivity contribution in [3.05, 3.63) is 105 Å². The minimum Gasteiger partial charge on any atom is -0.495 e. The zero-order valence-electron chi connectivity index (χ0n) is 47.9. The number of hydrogen-bond donors (Lipinski definition) is 8. The van der Waals surface area contributed by atoms with Gasteiger partial charge in [0.15, 0.2) is 0 Å². The van der Waals surface area contributed by atoms with Gasteiger partial charge in [0.25, 0.3) is 11.8 Å². The number of ether oxygens (including phenoxy) is 3. The Morgan fingerprint density at radius 3 is 1.45 bits per heavy atom. The number of nitrogen functional groups attached to an aromatic ring is 3. The third kappa shape index (κ3) is 12.9. The molecule has 0 saturated carbocycles. The second kappa shape index (κ2) is 24.9. The van der Waals surface area contributed by atoms with Gasteiger partial charge < -0.3 is 52.5 Å². The zero-order valence-corrected chi connectivity index (χ0v) is 50.4. The molecular formula is C54H71N15O13S3.